The van der Waals surface area contributed by atoms with E-state index in [1.165, 1.54) is 0 Å². The fourth-order valence-electron chi connectivity index (χ4n) is 6.16. The van der Waals surface area contributed by atoms with Gasteiger partial charge in [-0.25, -0.2) is 0 Å². The van der Waals surface area contributed by atoms with Crippen LogP contribution in [-0.4, -0.2) is 127 Å². The second-order valence-corrected chi connectivity index (χ2v) is 13.8. The molecule has 0 radical (unpaired) electrons. The Morgan fingerprint density at radius 2 is 1.66 bits per heavy atom. The maximum Gasteiger partial charge on any atom is 0.247 e. The van der Waals surface area contributed by atoms with Gasteiger partial charge >= 0.3 is 0 Å². The van der Waals surface area contributed by atoms with Crippen molar-refractivity contribution in [2.45, 2.75) is 115 Å². The molecule has 0 bridgehead atoms. The molecule has 2 aliphatic rings. The minimum Gasteiger partial charge on any atom is -0.443 e. The zero-order valence-corrected chi connectivity index (χ0v) is 28.5. The molecule has 1 aromatic carbocycles. The van der Waals surface area contributed by atoms with Gasteiger partial charge in [0, 0.05) is 56.3 Å². The maximum absolute atomic E-state index is 13.1. The lowest BCUT2D eigenvalue weighted by molar-refractivity contribution is -0.278. The first-order valence-electron chi connectivity index (χ1n) is 16.7. The monoisotopic (exact) mass is 659 g/mol. The minimum atomic E-state index is -1.55. The molecular weight excluding hydrogens is 606 g/mol. The van der Waals surface area contributed by atoms with Gasteiger partial charge in [-0.2, -0.15) is 0 Å². The molecular formula is C34H53N5O8. The summed E-state index contributed by atoms with van der Waals surface area (Å²) in [4.78, 5) is 30.1. The van der Waals surface area contributed by atoms with Crippen LogP contribution in [0.25, 0.3) is 0 Å². The molecule has 5 atom stereocenters. The molecule has 0 unspecified atom stereocenters. The van der Waals surface area contributed by atoms with Crippen molar-refractivity contribution in [1.82, 2.24) is 25.3 Å². The number of carbonyl (C=O) groups excluding carboxylic acids is 2. The van der Waals surface area contributed by atoms with Crippen molar-refractivity contribution in [2.75, 3.05) is 32.8 Å². The van der Waals surface area contributed by atoms with Gasteiger partial charge in [0.1, 0.15) is 30.0 Å². The van der Waals surface area contributed by atoms with E-state index in [0.29, 0.717) is 44.8 Å². The van der Waals surface area contributed by atoms with E-state index in [0.717, 1.165) is 35.5 Å². The van der Waals surface area contributed by atoms with Gasteiger partial charge in [-0.3, -0.25) is 19.6 Å². The van der Waals surface area contributed by atoms with Crippen molar-refractivity contribution in [2.24, 2.45) is 0 Å². The first-order valence-corrected chi connectivity index (χ1v) is 16.7. The fraction of sp³-hybridized carbons (Fsp3) is 0.676. The quantitative estimate of drug-likeness (QED) is 0.182. The van der Waals surface area contributed by atoms with Gasteiger partial charge in [-0.05, 0) is 57.6 Å². The number of amides is 2. The second-order valence-electron chi connectivity index (χ2n) is 13.8. The number of hydrogen-bond donors (Lipinski definition) is 6. The second kappa shape index (κ2) is 15.9. The summed E-state index contributed by atoms with van der Waals surface area (Å²) in [5.74, 6) is 0.0940. The Labute approximate surface area is 277 Å². The highest BCUT2D eigenvalue weighted by atomic mass is 16.7. The first kappa shape index (κ1) is 36.8. The summed E-state index contributed by atoms with van der Waals surface area (Å²) in [5, 5.41) is 50.5. The van der Waals surface area contributed by atoms with E-state index in [1.807, 2.05) is 43.0 Å². The molecule has 3 heterocycles. The highest BCUT2D eigenvalue weighted by Crippen LogP contribution is 2.31. The van der Waals surface area contributed by atoms with E-state index >= 15 is 0 Å². The predicted octanol–water partition coefficient (Wildman–Crippen LogP) is 1.07. The molecule has 13 nitrogen and oxygen atoms in total. The highest BCUT2D eigenvalue weighted by molar-refractivity contribution is 5.90. The van der Waals surface area contributed by atoms with E-state index in [1.54, 1.807) is 13.8 Å². The van der Waals surface area contributed by atoms with Crippen molar-refractivity contribution < 1.29 is 39.5 Å². The Morgan fingerprint density at radius 3 is 2.26 bits per heavy atom. The molecule has 2 aromatic rings. The number of aromatic nitrogens is 2. The highest BCUT2D eigenvalue weighted by Gasteiger charge is 2.45. The molecule has 262 valence electrons. The van der Waals surface area contributed by atoms with Crippen LogP contribution in [0.4, 0.5) is 0 Å². The number of rotatable bonds is 13. The number of aliphatic hydroxyl groups excluding tert-OH is 4. The summed E-state index contributed by atoms with van der Waals surface area (Å²) in [6, 6.07) is 8.50. The van der Waals surface area contributed by atoms with Crippen molar-refractivity contribution in [3.63, 3.8) is 0 Å². The Kier molecular flexibility index (Phi) is 12.4. The molecule has 2 amide bonds. The van der Waals surface area contributed by atoms with Crippen LogP contribution in [0.1, 0.15) is 82.7 Å². The Bertz CT molecular complexity index is 1320. The van der Waals surface area contributed by atoms with Crippen molar-refractivity contribution in [3.8, 4) is 5.88 Å². The predicted molar refractivity (Wildman–Crippen MR) is 175 cm³/mol. The third-order valence-electron chi connectivity index (χ3n) is 9.11. The molecule has 0 spiro atoms. The number of aliphatic hydroxyl groups is 4. The molecule has 6 N–H and O–H groups in total. The van der Waals surface area contributed by atoms with Gasteiger partial charge < -0.3 is 40.1 Å². The molecule has 0 aliphatic carbocycles. The van der Waals surface area contributed by atoms with Gasteiger partial charge in [0.15, 0.2) is 0 Å². The van der Waals surface area contributed by atoms with Crippen molar-refractivity contribution in [1.29, 1.82) is 0 Å². The lowest BCUT2D eigenvalue weighted by Crippen LogP contribution is -2.60. The van der Waals surface area contributed by atoms with Crippen LogP contribution in [-0.2, 0) is 27.2 Å². The molecule has 4 rings (SSSR count). The topological polar surface area (TPSA) is 181 Å². The SMILES string of the molecule is CC(C)c1[nH]nc(O[C@@H]2O[C@H](CO)[C@H](O)[C@H](O)[C@H]2O)c1Cc1ccc(CCCC(=O)NC(C)(C)C(=O)N2CCN(C(C)C)CC2)cc1. The van der Waals surface area contributed by atoms with Gasteiger partial charge in [0.25, 0.3) is 0 Å². The lowest BCUT2D eigenvalue weighted by Gasteiger charge is -2.40. The van der Waals surface area contributed by atoms with E-state index in [4.69, 9.17) is 9.47 Å². The van der Waals surface area contributed by atoms with E-state index in [9.17, 15) is 30.0 Å². The zero-order valence-electron chi connectivity index (χ0n) is 28.5. The normalized spacial score (nSPS) is 24.2. The van der Waals surface area contributed by atoms with Gasteiger partial charge in [0.2, 0.25) is 24.0 Å². The van der Waals surface area contributed by atoms with Crippen LogP contribution in [0.3, 0.4) is 0 Å². The van der Waals surface area contributed by atoms with E-state index < -0.39 is 42.9 Å². The first-order chi connectivity index (χ1) is 22.2. The number of ether oxygens (including phenoxy) is 2. The standard InChI is InChI=1S/C34H53N5O8/c1-20(2)27-24(31(37-36-27)47-32-30(44)29(43)28(42)25(19-40)46-32)18-23-12-10-22(11-13-23)8-7-9-26(41)35-34(5,6)33(45)39-16-14-38(15-17-39)21(3)4/h10-13,20-21,25,28-30,32,40,42-44H,7-9,14-19H2,1-6H3,(H,35,41)(H,36,37)/t25-,28+,29+,30-,32+/m1/s1. The third kappa shape index (κ3) is 9.09. The number of aryl methyl sites for hydroxylation is 1. The molecule has 13 heteroatoms. The van der Waals surface area contributed by atoms with Crippen LogP contribution in [0.15, 0.2) is 24.3 Å². The Morgan fingerprint density at radius 1 is 1.02 bits per heavy atom. The summed E-state index contributed by atoms with van der Waals surface area (Å²) in [6.45, 7) is 14.3. The van der Waals surface area contributed by atoms with Gasteiger partial charge in [-0.15, -0.1) is 5.10 Å². The van der Waals surface area contributed by atoms with Gasteiger partial charge in [-0.1, -0.05) is 38.1 Å². The van der Waals surface area contributed by atoms with Crippen molar-refractivity contribution >= 4 is 11.8 Å². The zero-order chi connectivity index (χ0) is 34.5. The lowest BCUT2D eigenvalue weighted by atomic mass is 9.97. The average molecular weight is 660 g/mol. The molecule has 2 aliphatic heterocycles. The Balaban J connectivity index is 1.30. The third-order valence-corrected chi connectivity index (χ3v) is 9.11. The Hall–Kier alpha value is -3.07. The minimum absolute atomic E-state index is 0.0511. The van der Waals surface area contributed by atoms with Crippen LogP contribution in [0, 0.1) is 0 Å². The number of H-pyrrole nitrogens is 1. The number of aromatic amines is 1. The number of nitrogens with zero attached hydrogens (tertiary/aromatic N) is 3. The van der Waals surface area contributed by atoms with E-state index in [2.05, 4.69) is 34.3 Å². The number of benzene rings is 1. The summed E-state index contributed by atoms with van der Waals surface area (Å²) < 4.78 is 11.4. The average Bonchev–Trinajstić information content (AvgIpc) is 3.43. The van der Waals surface area contributed by atoms with Crippen molar-refractivity contribution in [3.05, 3.63) is 46.6 Å². The summed E-state index contributed by atoms with van der Waals surface area (Å²) in [5.41, 5.74) is 2.71. The number of hydrogen-bond acceptors (Lipinski definition) is 10. The van der Waals surface area contributed by atoms with Crippen LogP contribution < -0.4 is 10.1 Å². The number of carbonyl (C=O) groups is 2. The van der Waals surface area contributed by atoms with E-state index in [-0.39, 0.29) is 23.6 Å². The number of piperazine rings is 1. The summed E-state index contributed by atoms with van der Waals surface area (Å²) in [6.07, 6.45) is -4.89. The molecule has 1 aromatic heterocycles. The number of nitrogens with one attached hydrogen (secondary N) is 2. The fourth-order valence-corrected chi connectivity index (χ4v) is 6.16. The van der Waals surface area contributed by atoms with Crippen LogP contribution in [0.2, 0.25) is 0 Å². The molecule has 47 heavy (non-hydrogen) atoms. The summed E-state index contributed by atoms with van der Waals surface area (Å²) >= 11 is 0. The molecule has 2 fully saturated rings. The largest absolute Gasteiger partial charge is 0.443 e. The van der Waals surface area contributed by atoms with Crippen LogP contribution >= 0.6 is 0 Å². The van der Waals surface area contributed by atoms with Gasteiger partial charge in [0.05, 0.1) is 6.61 Å². The maximum atomic E-state index is 13.1. The summed E-state index contributed by atoms with van der Waals surface area (Å²) in [7, 11) is 0. The molecule has 2 saturated heterocycles. The van der Waals surface area contributed by atoms with Crippen LogP contribution in [0.5, 0.6) is 5.88 Å². The molecule has 0 saturated carbocycles. The smallest absolute Gasteiger partial charge is 0.247 e.